The van der Waals surface area contributed by atoms with Crippen LogP contribution in [-0.4, -0.2) is 11.8 Å². The largest absolute Gasteiger partial charge is 0.454 e. The number of fused-ring (bicyclic) bond motifs is 2. The third-order valence-corrected chi connectivity index (χ3v) is 4.60. The molecule has 28 heavy (non-hydrogen) atoms. The van der Waals surface area contributed by atoms with E-state index in [1.165, 1.54) is 0 Å². The predicted octanol–water partition coefficient (Wildman–Crippen LogP) is 5.19. The monoisotopic (exact) mass is 392 g/mol. The molecule has 0 bridgehead atoms. The Morgan fingerprint density at radius 2 is 1.89 bits per heavy atom. The van der Waals surface area contributed by atoms with Crippen molar-refractivity contribution in [2.24, 2.45) is 0 Å². The fraction of sp³-hybridized carbons (Fsp3) is 0.0909. The van der Waals surface area contributed by atoms with Crippen LogP contribution in [0.1, 0.15) is 21.5 Å². The summed E-state index contributed by atoms with van der Waals surface area (Å²) in [5, 5.41) is 6.21. The Hall–Kier alpha value is -3.31. The maximum absolute atomic E-state index is 12.6. The van der Waals surface area contributed by atoms with Gasteiger partial charge in [0.1, 0.15) is 5.75 Å². The lowest BCUT2D eigenvalue weighted by molar-refractivity contribution is -0.115. The molecule has 0 fully saturated rings. The van der Waals surface area contributed by atoms with Crippen LogP contribution in [0.5, 0.6) is 11.5 Å². The summed E-state index contributed by atoms with van der Waals surface area (Å²) in [6.07, 6.45) is 0.124. The summed E-state index contributed by atoms with van der Waals surface area (Å²) in [6, 6.07) is 17.7. The van der Waals surface area contributed by atoms with E-state index in [2.05, 4.69) is 10.6 Å². The highest BCUT2D eigenvalue weighted by molar-refractivity contribution is 6.30. The van der Waals surface area contributed by atoms with Crippen LogP contribution >= 0.6 is 11.6 Å². The Morgan fingerprint density at radius 1 is 1.07 bits per heavy atom. The van der Waals surface area contributed by atoms with Crippen LogP contribution in [0.4, 0.5) is 11.4 Å². The summed E-state index contributed by atoms with van der Waals surface area (Å²) in [6.45, 7) is 1.95. The second kappa shape index (κ2) is 7.37. The first-order valence-corrected chi connectivity index (χ1v) is 9.14. The molecule has 1 aliphatic rings. The van der Waals surface area contributed by atoms with E-state index in [0.717, 1.165) is 5.56 Å². The molecule has 0 aromatic heterocycles. The molecule has 0 aliphatic carbocycles. The topological polar surface area (TPSA) is 67.4 Å². The molecule has 2 amide bonds. The molecular weight excluding hydrogens is 376 g/mol. The SMILES string of the molecule is Cc1ccc2c(c1)NC(=O)c1cc(CC(=O)Nc3cccc(Cl)c3)ccc1O2. The average molecular weight is 393 g/mol. The van der Waals surface area contributed by atoms with Crippen molar-refractivity contribution in [3.05, 3.63) is 82.4 Å². The van der Waals surface area contributed by atoms with Gasteiger partial charge in [0, 0.05) is 10.7 Å². The lowest BCUT2D eigenvalue weighted by Gasteiger charge is -2.09. The van der Waals surface area contributed by atoms with Gasteiger partial charge in [0.2, 0.25) is 5.91 Å². The van der Waals surface area contributed by atoms with E-state index < -0.39 is 0 Å². The molecule has 6 heteroatoms. The molecule has 140 valence electrons. The highest BCUT2D eigenvalue weighted by Crippen LogP contribution is 2.36. The normalized spacial score (nSPS) is 12.1. The number of hydrogen-bond donors (Lipinski definition) is 2. The van der Waals surface area contributed by atoms with Gasteiger partial charge in [0.05, 0.1) is 17.7 Å². The van der Waals surface area contributed by atoms with E-state index in [1.807, 2.05) is 25.1 Å². The van der Waals surface area contributed by atoms with Gasteiger partial charge in [-0.05, 0) is 60.5 Å². The minimum atomic E-state index is -0.267. The van der Waals surface area contributed by atoms with E-state index in [9.17, 15) is 9.59 Å². The number of carbonyl (C=O) groups excluding carboxylic acids is 2. The van der Waals surface area contributed by atoms with Crippen molar-refractivity contribution >= 4 is 34.8 Å². The number of ether oxygens (including phenoxy) is 1. The number of rotatable bonds is 3. The van der Waals surface area contributed by atoms with E-state index in [-0.39, 0.29) is 18.2 Å². The first-order chi connectivity index (χ1) is 13.5. The summed E-state index contributed by atoms with van der Waals surface area (Å²) in [5.41, 5.74) is 3.37. The molecule has 0 radical (unpaired) electrons. The first kappa shape index (κ1) is 18.1. The van der Waals surface area contributed by atoms with Crippen LogP contribution in [0.15, 0.2) is 60.7 Å². The zero-order valence-electron chi connectivity index (χ0n) is 15.1. The molecular formula is C22H17ClN2O3. The van der Waals surface area contributed by atoms with Crippen LogP contribution in [0.3, 0.4) is 0 Å². The minimum Gasteiger partial charge on any atom is -0.454 e. The highest BCUT2D eigenvalue weighted by Gasteiger charge is 2.21. The van der Waals surface area contributed by atoms with E-state index in [4.69, 9.17) is 16.3 Å². The van der Waals surface area contributed by atoms with Crippen LogP contribution in [-0.2, 0) is 11.2 Å². The van der Waals surface area contributed by atoms with Crippen LogP contribution < -0.4 is 15.4 Å². The quantitative estimate of drug-likeness (QED) is 0.644. The zero-order valence-corrected chi connectivity index (χ0v) is 15.8. The minimum absolute atomic E-state index is 0.124. The van der Waals surface area contributed by atoms with Gasteiger partial charge in [-0.15, -0.1) is 0 Å². The van der Waals surface area contributed by atoms with Gasteiger partial charge in [-0.1, -0.05) is 29.8 Å². The van der Waals surface area contributed by atoms with Gasteiger partial charge in [-0.3, -0.25) is 9.59 Å². The maximum atomic E-state index is 12.6. The molecule has 1 heterocycles. The number of amides is 2. The number of carbonyl (C=O) groups is 2. The molecule has 5 nitrogen and oxygen atoms in total. The molecule has 0 unspecified atom stereocenters. The Labute approximate surface area is 167 Å². The lowest BCUT2D eigenvalue weighted by atomic mass is 10.1. The molecule has 1 aliphatic heterocycles. The average Bonchev–Trinajstić information content (AvgIpc) is 2.77. The second-order valence-corrected chi connectivity index (χ2v) is 7.06. The van der Waals surface area contributed by atoms with Crippen LogP contribution in [0.25, 0.3) is 0 Å². The summed E-state index contributed by atoms with van der Waals surface area (Å²) in [7, 11) is 0. The molecule has 3 aromatic carbocycles. The Morgan fingerprint density at radius 3 is 2.71 bits per heavy atom. The third kappa shape index (κ3) is 3.85. The van der Waals surface area contributed by atoms with Crippen LogP contribution in [0, 0.1) is 6.92 Å². The number of halogens is 1. The zero-order chi connectivity index (χ0) is 19.7. The second-order valence-electron chi connectivity index (χ2n) is 6.62. The van der Waals surface area contributed by atoms with Crippen molar-refractivity contribution in [2.45, 2.75) is 13.3 Å². The number of aryl methyl sites for hydroxylation is 1. The lowest BCUT2D eigenvalue weighted by Crippen LogP contribution is -2.15. The fourth-order valence-corrected chi connectivity index (χ4v) is 3.24. The number of benzene rings is 3. The highest BCUT2D eigenvalue weighted by atomic mass is 35.5. The Balaban J connectivity index is 1.54. The van der Waals surface area contributed by atoms with Gasteiger partial charge < -0.3 is 15.4 Å². The number of anilines is 2. The molecule has 4 rings (SSSR count). The van der Waals surface area contributed by atoms with Crippen molar-refractivity contribution in [3.63, 3.8) is 0 Å². The summed E-state index contributed by atoms with van der Waals surface area (Å²) in [5.74, 6) is 0.579. The van der Waals surface area contributed by atoms with Crippen molar-refractivity contribution in [1.82, 2.24) is 0 Å². The summed E-state index contributed by atoms with van der Waals surface area (Å²) < 4.78 is 5.90. The fourth-order valence-electron chi connectivity index (χ4n) is 3.05. The van der Waals surface area contributed by atoms with Gasteiger partial charge in [-0.2, -0.15) is 0 Å². The van der Waals surface area contributed by atoms with Crippen molar-refractivity contribution in [1.29, 1.82) is 0 Å². The summed E-state index contributed by atoms with van der Waals surface area (Å²) in [4.78, 5) is 25.0. The number of hydrogen-bond acceptors (Lipinski definition) is 3. The third-order valence-electron chi connectivity index (χ3n) is 4.36. The smallest absolute Gasteiger partial charge is 0.259 e. The first-order valence-electron chi connectivity index (χ1n) is 8.76. The maximum Gasteiger partial charge on any atom is 0.259 e. The van der Waals surface area contributed by atoms with Crippen molar-refractivity contribution < 1.29 is 14.3 Å². The van der Waals surface area contributed by atoms with Crippen molar-refractivity contribution in [2.75, 3.05) is 10.6 Å². The van der Waals surface area contributed by atoms with Gasteiger partial charge in [-0.25, -0.2) is 0 Å². The molecule has 0 atom stereocenters. The Kier molecular flexibility index (Phi) is 4.75. The molecule has 0 saturated carbocycles. The molecule has 3 aromatic rings. The molecule has 0 saturated heterocycles. The van der Waals surface area contributed by atoms with Crippen molar-refractivity contribution in [3.8, 4) is 11.5 Å². The van der Waals surface area contributed by atoms with Gasteiger partial charge in [0.25, 0.3) is 5.91 Å². The molecule has 0 spiro atoms. The van der Waals surface area contributed by atoms with Gasteiger partial charge in [0.15, 0.2) is 5.75 Å². The van der Waals surface area contributed by atoms with E-state index in [0.29, 0.717) is 39.0 Å². The predicted molar refractivity (Wildman–Crippen MR) is 109 cm³/mol. The van der Waals surface area contributed by atoms with E-state index >= 15 is 0 Å². The van der Waals surface area contributed by atoms with E-state index in [1.54, 1.807) is 42.5 Å². The van der Waals surface area contributed by atoms with Crippen LogP contribution in [0.2, 0.25) is 5.02 Å². The molecule has 2 N–H and O–H groups in total. The summed E-state index contributed by atoms with van der Waals surface area (Å²) >= 11 is 5.94. The Bertz CT molecular complexity index is 1090. The van der Waals surface area contributed by atoms with Gasteiger partial charge >= 0.3 is 0 Å². The standard InChI is InChI=1S/C22H17ClN2O3/c1-13-5-7-20-18(9-13)25-22(27)17-10-14(6-8-19(17)28-20)11-21(26)24-16-4-2-3-15(23)12-16/h2-10,12H,11H2,1H3,(H,24,26)(H,25,27). The number of nitrogens with one attached hydrogen (secondary N) is 2.